The first kappa shape index (κ1) is 21.0. The third-order valence-electron chi connectivity index (χ3n) is 4.40. The average Bonchev–Trinajstić information content (AvgIpc) is 2.73. The molecule has 2 amide bonds. The van der Waals surface area contributed by atoms with Gasteiger partial charge >= 0.3 is 0 Å². The highest BCUT2D eigenvalue weighted by atomic mass is 35.5. The lowest BCUT2D eigenvalue weighted by Crippen LogP contribution is -2.25. The molecule has 0 bridgehead atoms. The van der Waals surface area contributed by atoms with Gasteiger partial charge < -0.3 is 10.6 Å². The normalized spacial score (nSPS) is 10.3. The minimum atomic E-state index is -0.650. The minimum Gasteiger partial charge on any atom is -0.348 e. The van der Waals surface area contributed by atoms with Crippen molar-refractivity contribution < 1.29 is 14.5 Å². The predicted molar refractivity (Wildman–Crippen MR) is 115 cm³/mol. The molecular formula is C22H18ClN3O4. The molecule has 7 nitrogen and oxygen atoms in total. The molecule has 0 unspecified atom stereocenters. The quantitative estimate of drug-likeness (QED) is 0.441. The number of carbonyl (C=O) groups excluding carboxylic acids is 2. The van der Waals surface area contributed by atoms with Gasteiger partial charge in [-0.05, 0) is 30.7 Å². The average molecular weight is 424 g/mol. The van der Waals surface area contributed by atoms with Gasteiger partial charge in [0, 0.05) is 18.7 Å². The molecule has 0 saturated heterocycles. The van der Waals surface area contributed by atoms with Crippen LogP contribution in [0.4, 0.5) is 11.4 Å². The fourth-order valence-corrected chi connectivity index (χ4v) is 2.97. The molecular weight excluding hydrogens is 406 g/mol. The van der Waals surface area contributed by atoms with Gasteiger partial charge in [0.1, 0.15) is 0 Å². The lowest BCUT2D eigenvalue weighted by molar-refractivity contribution is -0.384. The highest BCUT2D eigenvalue weighted by Crippen LogP contribution is 2.24. The van der Waals surface area contributed by atoms with Gasteiger partial charge in [-0.3, -0.25) is 19.7 Å². The standard InChI is InChI=1S/C22H18ClN3O4/c1-14-6-8-15(9-7-14)13-24-21(27)17-4-2-3-5-20(17)25-22(28)18-12-16(26(29)30)10-11-19(18)23/h2-12H,13H2,1H3,(H,24,27)(H,25,28). The summed E-state index contributed by atoms with van der Waals surface area (Å²) in [5.74, 6) is -1.01. The Kier molecular flexibility index (Phi) is 6.44. The third-order valence-corrected chi connectivity index (χ3v) is 4.73. The van der Waals surface area contributed by atoms with Crippen LogP contribution in [0, 0.1) is 17.0 Å². The van der Waals surface area contributed by atoms with E-state index in [0.717, 1.165) is 17.2 Å². The van der Waals surface area contributed by atoms with Crippen molar-refractivity contribution in [3.63, 3.8) is 0 Å². The van der Waals surface area contributed by atoms with Crippen LogP contribution in [0.15, 0.2) is 66.7 Å². The Morgan fingerprint density at radius 1 is 0.967 bits per heavy atom. The second-order valence-electron chi connectivity index (χ2n) is 6.59. The van der Waals surface area contributed by atoms with Crippen LogP contribution in [0.5, 0.6) is 0 Å². The molecule has 0 atom stereocenters. The van der Waals surface area contributed by atoms with Gasteiger partial charge in [0.05, 0.1) is 26.8 Å². The summed E-state index contributed by atoms with van der Waals surface area (Å²) in [6.45, 7) is 2.31. The van der Waals surface area contributed by atoms with E-state index in [1.54, 1.807) is 24.3 Å². The highest BCUT2D eigenvalue weighted by Gasteiger charge is 2.18. The largest absolute Gasteiger partial charge is 0.348 e. The lowest BCUT2D eigenvalue weighted by Gasteiger charge is -2.12. The van der Waals surface area contributed by atoms with Crippen LogP contribution < -0.4 is 10.6 Å². The zero-order valence-corrected chi connectivity index (χ0v) is 16.8. The van der Waals surface area contributed by atoms with Crippen LogP contribution in [-0.4, -0.2) is 16.7 Å². The number of nitrogens with one attached hydrogen (secondary N) is 2. The molecule has 0 saturated carbocycles. The fraction of sp³-hybridized carbons (Fsp3) is 0.0909. The number of nitrogens with zero attached hydrogens (tertiary/aromatic N) is 1. The summed E-state index contributed by atoms with van der Waals surface area (Å²) < 4.78 is 0. The number of carbonyl (C=O) groups is 2. The first-order valence-corrected chi connectivity index (χ1v) is 9.41. The van der Waals surface area contributed by atoms with Crippen LogP contribution in [0.3, 0.4) is 0 Å². The van der Waals surface area contributed by atoms with E-state index in [1.165, 1.54) is 12.1 Å². The number of rotatable bonds is 6. The summed E-state index contributed by atoms with van der Waals surface area (Å²) in [5, 5.41) is 16.5. The monoisotopic (exact) mass is 423 g/mol. The molecule has 0 aromatic heterocycles. The maximum Gasteiger partial charge on any atom is 0.270 e. The van der Waals surface area contributed by atoms with Crippen molar-refractivity contribution in [1.82, 2.24) is 5.32 Å². The first-order valence-electron chi connectivity index (χ1n) is 9.03. The molecule has 0 spiro atoms. The number of amides is 2. The van der Waals surface area contributed by atoms with Crippen molar-refractivity contribution >= 4 is 34.8 Å². The molecule has 30 heavy (non-hydrogen) atoms. The van der Waals surface area contributed by atoms with Crippen molar-refractivity contribution in [2.24, 2.45) is 0 Å². The predicted octanol–water partition coefficient (Wildman–Crippen LogP) is 4.74. The van der Waals surface area contributed by atoms with Crippen LogP contribution in [-0.2, 0) is 6.54 Å². The summed E-state index contributed by atoms with van der Waals surface area (Å²) in [6.07, 6.45) is 0. The number of para-hydroxylation sites is 1. The Labute approximate surface area is 177 Å². The molecule has 0 fully saturated rings. The number of nitro benzene ring substituents is 1. The maximum absolute atomic E-state index is 12.7. The van der Waals surface area contributed by atoms with Gasteiger partial charge in [-0.1, -0.05) is 53.6 Å². The van der Waals surface area contributed by atoms with E-state index in [4.69, 9.17) is 11.6 Å². The van der Waals surface area contributed by atoms with E-state index in [0.29, 0.717) is 6.54 Å². The summed E-state index contributed by atoms with van der Waals surface area (Å²) >= 11 is 6.03. The molecule has 0 aliphatic heterocycles. The molecule has 3 aromatic carbocycles. The molecule has 0 aliphatic carbocycles. The van der Waals surface area contributed by atoms with E-state index < -0.39 is 10.8 Å². The number of hydrogen-bond acceptors (Lipinski definition) is 4. The lowest BCUT2D eigenvalue weighted by atomic mass is 10.1. The number of non-ortho nitro benzene ring substituents is 1. The number of nitro groups is 1. The topological polar surface area (TPSA) is 101 Å². The van der Waals surface area contributed by atoms with Crippen molar-refractivity contribution in [1.29, 1.82) is 0 Å². The van der Waals surface area contributed by atoms with E-state index in [1.807, 2.05) is 31.2 Å². The first-order chi connectivity index (χ1) is 14.3. The Balaban J connectivity index is 1.77. The summed E-state index contributed by atoms with van der Waals surface area (Å²) in [7, 11) is 0. The molecule has 0 aliphatic rings. The van der Waals surface area contributed by atoms with Crippen molar-refractivity contribution in [2.45, 2.75) is 13.5 Å². The van der Waals surface area contributed by atoms with Gasteiger partial charge in [0.25, 0.3) is 17.5 Å². The Bertz CT molecular complexity index is 1110. The molecule has 0 heterocycles. The molecule has 3 aromatic rings. The Morgan fingerprint density at radius 2 is 1.67 bits per heavy atom. The third kappa shape index (κ3) is 5.01. The van der Waals surface area contributed by atoms with Crippen molar-refractivity contribution in [3.05, 3.63) is 104 Å². The van der Waals surface area contributed by atoms with Gasteiger partial charge in [-0.25, -0.2) is 0 Å². The summed E-state index contributed by atoms with van der Waals surface area (Å²) in [6, 6.07) is 17.9. The van der Waals surface area contributed by atoms with Crippen molar-refractivity contribution in [2.75, 3.05) is 5.32 Å². The van der Waals surface area contributed by atoms with Crippen LogP contribution in [0.2, 0.25) is 5.02 Å². The van der Waals surface area contributed by atoms with Gasteiger partial charge in [-0.15, -0.1) is 0 Å². The number of anilines is 1. The highest BCUT2D eigenvalue weighted by molar-refractivity contribution is 6.34. The Morgan fingerprint density at radius 3 is 2.37 bits per heavy atom. The second kappa shape index (κ2) is 9.19. The molecule has 3 rings (SSSR count). The van der Waals surface area contributed by atoms with Crippen LogP contribution >= 0.6 is 11.6 Å². The van der Waals surface area contributed by atoms with E-state index in [-0.39, 0.29) is 33.4 Å². The number of aryl methyl sites for hydroxylation is 1. The van der Waals surface area contributed by atoms with Crippen LogP contribution in [0.1, 0.15) is 31.8 Å². The van der Waals surface area contributed by atoms with Gasteiger partial charge in [-0.2, -0.15) is 0 Å². The molecule has 2 N–H and O–H groups in total. The maximum atomic E-state index is 12.7. The van der Waals surface area contributed by atoms with Gasteiger partial charge in [0.2, 0.25) is 0 Å². The van der Waals surface area contributed by atoms with E-state index in [9.17, 15) is 19.7 Å². The zero-order chi connectivity index (χ0) is 21.7. The Hall–Kier alpha value is -3.71. The smallest absolute Gasteiger partial charge is 0.270 e. The van der Waals surface area contributed by atoms with Crippen molar-refractivity contribution in [3.8, 4) is 0 Å². The van der Waals surface area contributed by atoms with E-state index in [2.05, 4.69) is 10.6 Å². The van der Waals surface area contributed by atoms with E-state index >= 15 is 0 Å². The number of hydrogen-bond donors (Lipinski definition) is 2. The fourth-order valence-electron chi connectivity index (χ4n) is 2.76. The zero-order valence-electron chi connectivity index (χ0n) is 16.0. The summed E-state index contributed by atoms with van der Waals surface area (Å²) in [4.78, 5) is 35.7. The molecule has 8 heteroatoms. The SMILES string of the molecule is Cc1ccc(CNC(=O)c2ccccc2NC(=O)c2cc([N+](=O)[O-])ccc2Cl)cc1. The van der Waals surface area contributed by atoms with Crippen LogP contribution in [0.25, 0.3) is 0 Å². The summed E-state index contributed by atoms with van der Waals surface area (Å²) in [5.41, 5.74) is 2.29. The number of benzene rings is 3. The number of halogens is 1. The molecule has 0 radical (unpaired) electrons. The minimum absolute atomic E-state index is 0.0549. The second-order valence-corrected chi connectivity index (χ2v) is 7.00. The molecule has 152 valence electrons. The van der Waals surface area contributed by atoms with Gasteiger partial charge in [0.15, 0.2) is 0 Å².